The maximum atomic E-state index is 13.4. The summed E-state index contributed by atoms with van der Waals surface area (Å²) in [6, 6.07) is 8.58. The molecule has 0 spiro atoms. The van der Waals surface area contributed by atoms with Gasteiger partial charge in [0.1, 0.15) is 5.82 Å². The predicted octanol–water partition coefficient (Wildman–Crippen LogP) is 2.35. The van der Waals surface area contributed by atoms with E-state index in [4.69, 9.17) is 4.74 Å². The van der Waals surface area contributed by atoms with Crippen molar-refractivity contribution in [1.29, 1.82) is 0 Å². The Kier molecular flexibility index (Phi) is 6.57. The number of benzene rings is 1. The molecular weight excluding hydrogens is 400 g/mol. The second-order valence-electron chi connectivity index (χ2n) is 8.34. The molecule has 0 N–H and O–H groups in total. The zero-order valence-corrected chi connectivity index (χ0v) is 18.8. The van der Waals surface area contributed by atoms with Gasteiger partial charge in [-0.1, -0.05) is 24.3 Å². The van der Waals surface area contributed by atoms with Crippen LogP contribution in [0.25, 0.3) is 0 Å². The summed E-state index contributed by atoms with van der Waals surface area (Å²) < 4.78 is 35.8. The smallest absolute Gasteiger partial charge is 0.262 e. The Bertz CT molecular complexity index is 947. The van der Waals surface area contributed by atoms with Gasteiger partial charge in [0.2, 0.25) is 0 Å². The van der Waals surface area contributed by atoms with Crippen LogP contribution >= 0.6 is 0 Å². The first kappa shape index (κ1) is 21.5. The van der Waals surface area contributed by atoms with E-state index in [-0.39, 0.29) is 11.1 Å². The van der Waals surface area contributed by atoms with Gasteiger partial charge in [-0.15, -0.1) is 0 Å². The molecule has 1 saturated heterocycles. The summed E-state index contributed by atoms with van der Waals surface area (Å²) in [6.45, 7) is 6.43. The molecule has 4 rings (SSSR count). The second kappa shape index (κ2) is 9.18. The van der Waals surface area contributed by atoms with E-state index in [1.165, 1.54) is 11.1 Å². The molecule has 0 aliphatic carbocycles. The first-order valence-electron chi connectivity index (χ1n) is 10.8. The summed E-state index contributed by atoms with van der Waals surface area (Å²) in [6.07, 6.45) is 4.97. The molecule has 7 nitrogen and oxygen atoms in total. The van der Waals surface area contributed by atoms with Crippen molar-refractivity contribution >= 4 is 10.0 Å². The summed E-state index contributed by atoms with van der Waals surface area (Å²) in [7, 11) is -1.80. The average Bonchev–Trinajstić information content (AvgIpc) is 3.11. The number of hydrogen-bond acceptors (Lipinski definition) is 5. The van der Waals surface area contributed by atoms with Crippen LogP contribution in [0.3, 0.4) is 0 Å². The Morgan fingerprint density at radius 3 is 2.63 bits per heavy atom. The topological polar surface area (TPSA) is 67.7 Å². The van der Waals surface area contributed by atoms with Gasteiger partial charge in [0.15, 0.2) is 5.03 Å². The van der Waals surface area contributed by atoms with Gasteiger partial charge < -0.3 is 9.30 Å². The maximum absolute atomic E-state index is 13.4. The van der Waals surface area contributed by atoms with E-state index in [0.29, 0.717) is 25.6 Å². The number of sulfonamides is 1. The molecule has 3 heterocycles. The van der Waals surface area contributed by atoms with E-state index in [0.717, 1.165) is 45.3 Å². The lowest BCUT2D eigenvalue weighted by atomic mass is 10.00. The monoisotopic (exact) mass is 432 g/mol. The fourth-order valence-electron chi connectivity index (χ4n) is 4.44. The van der Waals surface area contributed by atoms with Gasteiger partial charge in [-0.05, 0) is 50.3 Å². The van der Waals surface area contributed by atoms with Crippen LogP contribution < -0.4 is 0 Å². The maximum Gasteiger partial charge on any atom is 0.262 e. The minimum atomic E-state index is -3.63. The minimum Gasteiger partial charge on any atom is -0.381 e. The molecule has 1 aromatic carbocycles. The molecule has 0 saturated carbocycles. The van der Waals surface area contributed by atoms with Crippen LogP contribution in [0, 0.1) is 6.92 Å². The molecule has 30 heavy (non-hydrogen) atoms. The van der Waals surface area contributed by atoms with Crippen molar-refractivity contribution in [3.05, 3.63) is 47.4 Å². The van der Waals surface area contributed by atoms with Crippen molar-refractivity contribution < 1.29 is 13.2 Å². The van der Waals surface area contributed by atoms with E-state index < -0.39 is 10.0 Å². The Morgan fingerprint density at radius 2 is 1.93 bits per heavy atom. The molecule has 0 unspecified atom stereocenters. The van der Waals surface area contributed by atoms with Gasteiger partial charge in [-0.2, -0.15) is 4.31 Å². The van der Waals surface area contributed by atoms with Gasteiger partial charge >= 0.3 is 0 Å². The largest absolute Gasteiger partial charge is 0.381 e. The average molecular weight is 433 g/mol. The Labute approximate surface area is 179 Å². The number of aromatic nitrogens is 2. The van der Waals surface area contributed by atoms with Crippen LogP contribution in [0.1, 0.15) is 36.2 Å². The highest BCUT2D eigenvalue weighted by Crippen LogP contribution is 2.24. The van der Waals surface area contributed by atoms with Gasteiger partial charge in [0, 0.05) is 52.1 Å². The highest BCUT2D eigenvalue weighted by atomic mass is 32.2. The molecule has 2 aromatic rings. The van der Waals surface area contributed by atoms with Crippen molar-refractivity contribution in [1.82, 2.24) is 18.8 Å². The molecule has 2 aliphatic rings. The van der Waals surface area contributed by atoms with Crippen molar-refractivity contribution in [2.75, 3.05) is 32.8 Å². The van der Waals surface area contributed by atoms with E-state index in [1.54, 1.807) is 15.1 Å². The molecule has 1 fully saturated rings. The molecule has 0 atom stereocenters. The van der Waals surface area contributed by atoms with Gasteiger partial charge in [-0.25, -0.2) is 13.4 Å². The standard InChI is InChI=1S/C22H32N4O3S/c1-18-23-22(17-24(18)2)30(27,28)26(21-9-14-29-15-10-21)12-5-11-25-13-8-19-6-3-4-7-20(19)16-25/h3-4,6-7,17,21H,5,8-16H2,1-2H3. The molecule has 2 aliphatic heterocycles. The summed E-state index contributed by atoms with van der Waals surface area (Å²) in [5, 5.41) is 0.154. The molecule has 1 aromatic heterocycles. The van der Waals surface area contributed by atoms with Crippen LogP contribution in [-0.4, -0.2) is 66.1 Å². The lowest BCUT2D eigenvalue weighted by Gasteiger charge is -2.34. The van der Waals surface area contributed by atoms with Crippen LogP contribution in [0.15, 0.2) is 35.5 Å². The van der Waals surface area contributed by atoms with Crippen molar-refractivity contribution in [2.45, 2.75) is 50.2 Å². The van der Waals surface area contributed by atoms with Crippen LogP contribution in [0.5, 0.6) is 0 Å². The van der Waals surface area contributed by atoms with E-state index in [9.17, 15) is 8.42 Å². The van der Waals surface area contributed by atoms with Gasteiger partial charge in [0.05, 0.1) is 0 Å². The third-order valence-electron chi connectivity index (χ3n) is 6.32. The molecule has 8 heteroatoms. The minimum absolute atomic E-state index is 0.0202. The third kappa shape index (κ3) is 4.61. The summed E-state index contributed by atoms with van der Waals surface area (Å²) in [4.78, 5) is 6.74. The van der Waals surface area contributed by atoms with Gasteiger partial charge in [0.25, 0.3) is 10.0 Å². The SMILES string of the molecule is Cc1nc(S(=O)(=O)N(CCCN2CCc3ccccc3C2)C2CCOCC2)cn1C. The molecule has 0 bridgehead atoms. The predicted molar refractivity (Wildman–Crippen MR) is 116 cm³/mol. The second-order valence-corrected chi connectivity index (χ2v) is 10.2. The van der Waals surface area contributed by atoms with Crippen molar-refractivity contribution in [3.63, 3.8) is 0 Å². The highest BCUT2D eigenvalue weighted by molar-refractivity contribution is 7.89. The number of imidazole rings is 1. The van der Waals surface area contributed by atoms with E-state index in [1.807, 2.05) is 14.0 Å². The number of nitrogens with zero attached hydrogens (tertiary/aromatic N) is 4. The van der Waals surface area contributed by atoms with Crippen LogP contribution in [0.4, 0.5) is 0 Å². The van der Waals surface area contributed by atoms with Crippen molar-refractivity contribution in [2.24, 2.45) is 7.05 Å². The third-order valence-corrected chi connectivity index (χ3v) is 8.14. The quantitative estimate of drug-likeness (QED) is 0.672. The number of fused-ring (bicyclic) bond motifs is 1. The molecule has 164 valence electrons. The Balaban J connectivity index is 1.44. The molecular formula is C22H32N4O3S. The normalized spacial score (nSPS) is 18.6. The van der Waals surface area contributed by atoms with E-state index >= 15 is 0 Å². The fraction of sp³-hybridized carbons (Fsp3) is 0.591. The summed E-state index contributed by atoms with van der Waals surface area (Å²) in [5.74, 6) is 0.701. The number of rotatable bonds is 7. The number of ether oxygens (including phenoxy) is 1. The number of hydrogen-bond donors (Lipinski definition) is 0. The zero-order valence-electron chi connectivity index (χ0n) is 18.0. The lowest BCUT2D eigenvalue weighted by molar-refractivity contribution is 0.0574. The van der Waals surface area contributed by atoms with E-state index in [2.05, 4.69) is 34.1 Å². The van der Waals surface area contributed by atoms with Gasteiger partial charge in [-0.3, -0.25) is 4.90 Å². The summed E-state index contributed by atoms with van der Waals surface area (Å²) >= 11 is 0. The fourth-order valence-corrected chi connectivity index (χ4v) is 6.19. The first-order chi connectivity index (χ1) is 14.4. The van der Waals surface area contributed by atoms with Crippen molar-refractivity contribution in [3.8, 4) is 0 Å². The molecule has 0 amide bonds. The summed E-state index contributed by atoms with van der Waals surface area (Å²) in [5.41, 5.74) is 2.83. The first-order valence-corrected chi connectivity index (χ1v) is 12.3. The number of aryl methyl sites for hydroxylation is 2. The van der Waals surface area contributed by atoms with Crippen LogP contribution in [0.2, 0.25) is 0 Å². The molecule has 0 radical (unpaired) electrons. The lowest BCUT2D eigenvalue weighted by Crippen LogP contribution is -2.45. The van der Waals surface area contributed by atoms with Crippen LogP contribution in [-0.2, 0) is 34.8 Å². The Hall–Kier alpha value is -1.74. The Morgan fingerprint density at radius 1 is 1.20 bits per heavy atom. The zero-order chi connectivity index (χ0) is 21.1. The highest BCUT2D eigenvalue weighted by Gasteiger charge is 2.34.